The van der Waals surface area contributed by atoms with E-state index in [-0.39, 0.29) is 17.2 Å². The summed E-state index contributed by atoms with van der Waals surface area (Å²) in [6.45, 7) is 4.16. The van der Waals surface area contributed by atoms with Gasteiger partial charge in [0.05, 0.1) is 17.4 Å². The number of hydrogen-bond donors (Lipinski definition) is 2. The number of nitrogens with zero attached hydrogens (tertiary/aromatic N) is 2. The van der Waals surface area contributed by atoms with Gasteiger partial charge in [0.1, 0.15) is 5.82 Å². The van der Waals surface area contributed by atoms with Gasteiger partial charge in [-0.1, -0.05) is 69.2 Å². The molecular weight excluding hydrogens is 525 g/mol. The highest BCUT2D eigenvalue weighted by Crippen LogP contribution is 2.31. The molecule has 1 saturated heterocycles. The van der Waals surface area contributed by atoms with Crippen molar-refractivity contribution >= 4 is 44.3 Å². The highest BCUT2D eigenvalue weighted by molar-refractivity contribution is 8.29. The molecule has 0 aromatic heterocycles. The van der Waals surface area contributed by atoms with E-state index in [1.807, 2.05) is 31.6 Å². The molecule has 1 heterocycles. The van der Waals surface area contributed by atoms with Crippen LogP contribution in [0.4, 0.5) is 15.8 Å². The maximum atomic E-state index is 15.1. The Morgan fingerprint density at radius 2 is 1.70 bits per heavy atom. The SMILES string of the molecule is CC(C)CCCC(C(=O)O)c1ccc(N=C2NC(=O)CS2=Cc2ccc(-c3ccc(N(C)C)cc3)cc2)cc1F. The van der Waals surface area contributed by atoms with Gasteiger partial charge in [-0.2, -0.15) is 0 Å². The lowest BCUT2D eigenvalue weighted by atomic mass is 9.91. The van der Waals surface area contributed by atoms with Crippen molar-refractivity contribution in [3.05, 3.63) is 83.7 Å². The smallest absolute Gasteiger partial charge is 0.311 e. The first-order valence-electron chi connectivity index (χ1n) is 13.4. The van der Waals surface area contributed by atoms with Gasteiger partial charge < -0.3 is 15.3 Å². The minimum atomic E-state index is -1.03. The molecule has 0 saturated carbocycles. The Balaban J connectivity index is 1.53. The van der Waals surface area contributed by atoms with E-state index in [4.69, 9.17) is 0 Å². The lowest BCUT2D eigenvalue weighted by molar-refractivity contribution is -0.139. The van der Waals surface area contributed by atoms with Gasteiger partial charge in [-0.25, -0.2) is 9.38 Å². The molecule has 1 amide bonds. The van der Waals surface area contributed by atoms with Gasteiger partial charge in [0.25, 0.3) is 0 Å². The van der Waals surface area contributed by atoms with Crippen LogP contribution in [-0.4, -0.2) is 47.4 Å². The van der Waals surface area contributed by atoms with Crippen LogP contribution in [0.2, 0.25) is 0 Å². The predicted molar refractivity (Wildman–Crippen MR) is 165 cm³/mol. The van der Waals surface area contributed by atoms with E-state index in [2.05, 4.69) is 65.5 Å². The van der Waals surface area contributed by atoms with Crippen molar-refractivity contribution in [1.29, 1.82) is 0 Å². The maximum absolute atomic E-state index is 15.1. The summed E-state index contributed by atoms with van der Waals surface area (Å²) in [5, 5.41) is 15.0. The average Bonchev–Trinajstić information content (AvgIpc) is 3.25. The maximum Gasteiger partial charge on any atom is 0.311 e. The van der Waals surface area contributed by atoms with Crippen molar-refractivity contribution in [2.75, 3.05) is 24.7 Å². The number of anilines is 1. The van der Waals surface area contributed by atoms with E-state index in [0.29, 0.717) is 29.6 Å². The number of carboxylic acids is 1. The monoisotopic (exact) mass is 561 g/mol. The molecule has 0 bridgehead atoms. The Kier molecular flexibility index (Phi) is 9.53. The quantitative estimate of drug-likeness (QED) is 0.267. The summed E-state index contributed by atoms with van der Waals surface area (Å²) in [5.74, 6) is -1.92. The number of hydrogen-bond acceptors (Lipinski definition) is 4. The van der Waals surface area contributed by atoms with E-state index in [1.165, 1.54) is 12.1 Å². The van der Waals surface area contributed by atoms with Crippen LogP contribution < -0.4 is 10.2 Å². The second-order valence-electron chi connectivity index (χ2n) is 10.6. The molecule has 210 valence electrons. The fourth-order valence-corrected chi connectivity index (χ4v) is 6.25. The number of halogens is 1. The number of rotatable bonds is 10. The molecule has 0 radical (unpaired) electrons. The predicted octanol–water partition coefficient (Wildman–Crippen LogP) is 6.79. The highest BCUT2D eigenvalue weighted by atomic mass is 32.2. The van der Waals surface area contributed by atoms with Gasteiger partial charge in [-0.15, -0.1) is 10.5 Å². The van der Waals surface area contributed by atoms with E-state index < -0.39 is 28.2 Å². The molecule has 40 heavy (non-hydrogen) atoms. The van der Waals surface area contributed by atoms with E-state index >= 15 is 4.39 Å². The molecule has 1 aliphatic rings. The fraction of sp³-hybridized carbons (Fsp3) is 0.312. The van der Waals surface area contributed by atoms with Gasteiger partial charge >= 0.3 is 5.97 Å². The zero-order valence-corrected chi connectivity index (χ0v) is 24.2. The Labute approximate surface area is 237 Å². The number of carboxylic acid groups (broad SMARTS) is 1. The van der Waals surface area contributed by atoms with E-state index in [1.54, 1.807) is 6.07 Å². The van der Waals surface area contributed by atoms with Crippen LogP contribution in [0.15, 0.2) is 71.7 Å². The van der Waals surface area contributed by atoms with Crippen molar-refractivity contribution < 1.29 is 19.1 Å². The summed E-state index contributed by atoms with van der Waals surface area (Å²) in [7, 11) is 3.42. The zero-order valence-electron chi connectivity index (χ0n) is 23.4. The van der Waals surface area contributed by atoms with Gasteiger partial charge in [0.2, 0.25) is 5.91 Å². The molecule has 2 N–H and O–H groups in total. The Hall–Kier alpha value is -3.78. The van der Waals surface area contributed by atoms with E-state index in [9.17, 15) is 14.7 Å². The number of benzene rings is 3. The Morgan fingerprint density at radius 3 is 2.27 bits per heavy atom. The van der Waals surface area contributed by atoms with Gasteiger partial charge in [0.15, 0.2) is 5.17 Å². The van der Waals surface area contributed by atoms with E-state index in [0.717, 1.165) is 28.8 Å². The summed E-state index contributed by atoms with van der Waals surface area (Å²) >= 11 is 0. The van der Waals surface area contributed by atoms with Crippen molar-refractivity contribution in [2.45, 2.75) is 39.0 Å². The third kappa shape index (κ3) is 7.45. The zero-order chi connectivity index (χ0) is 28.8. The third-order valence-corrected chi connectivity index (χ3v) is 8.67. The number of amidine groups is 1. The van der Waals surface area contributed by atoms with Crippen molar-refractivity contribution in [1.82, 2.24) is 5.32 Å². The first-order chi connectivity index (χ1) is 19.1. The molecule has 8 heteroatoms. The lowest BCUT2D eigenvalue weighted by Gasteiger charge is -2.15. The van der Waals surface area contributed by atoms with Crippen molar-refractivity contribution in [2.24, 2.45) is 10.9 Å². The summed E-state index contributed by atoms with van der Waals surface area (Å²) < 4.78 is 15.1. The number of aliphatic imine (C=N–C) groups is 1. The largest absolute Gasteiger partial charge is 0.481 e. The molecule has 1 fully saturated rings. The summed E-state index contributed by atoms with van der Waals surface area (Å²) in [6.07, 6.45) is 1.99. The minimum absolute atomic E-state index is 0.135. The lowest BCUT2D eigenvalue weighted by Crippen LogP contribution is -2.20. The minimum Gasteiger partial charge on any atom is -0.481 e. The normalized spacial score (nSPS) is 16.9. The Morgan fingerprint density at radius 1 is 1.05 bits per heavy atom. The average molecular weight is 562 g/mol. The molecule has 3 aromatic rings. The van der Waals surface area contributed by atoms with Gasteiger partial charge in [-0.3, -0.25) is 9.59 Å². The molecule has 2 atom stereocenters. The number of amides is 1. The molecule has 1 aliphatic heterocycles. The third-order valence-electron chi connectivity index (χ3n) is 6.85. The first-order valence-corrected chi connectivity index (χ1v) is 14.9. The Bertz CT molecular complexity index is 1430. The molecule has 2 unspecified atom stereocenters. The second-order valence-corrected chi connectivity index (χ2v) is 12.4. The number of carbonyl (C=O) groups is 2. The van der Waals surface area contributed by atoms with Crippen LogP contribution in [0.25, 0.3) is 11.1 Å². The molecule has 0 spiro atoms. The van der Waals surface area contributed by atoms with Gasteiger partial charge in [-0.05, 0) is 58.7 Å². The summed E-state index contributed by atoms with van der Waals surface area (Å²) in [5.41, 5.74) is 4.83. The van der Waals surface area contributed by atoms with Crippen LogP contribution in [0.1, 0.15) is 50.2 Å². The second kappa shape index (κ2) is 13.0. The molecule has 6 nitrogen and oxygen atoms in total. The molecular formula is C32H36FN3O3S. The van der Waals surface area contributed by atoms with Crippen LogP contribution in [0.3, 0.4) is 0 Å². The molecule has 3 aromatic carbocycles. The van der Waals surface area contributed by atoms with Crippen LogP contribution in [0, 0.1) is 11.7 Å². The number of nitrogens with one attached hydrogen (secondary N) is 1. The first kappa shape index (κ1) is 29.2. The van der Waals surface area contributed by atoms with Crippen LogP contribution in [-0.2, 0) is 9.59 Å². The molecule has 4 rings (SSSR count). The summed E-state index contributed by atoms with van der Waals surface area (Å²) in [4.78, 5) is 30.7. The van der Waals surface area contributed by atoms with Crippen molar-refractivity contribution in [3.63, 3.8) is 0 Å². The van der Waals surface area contributed by atoms with Crippen LogP contribution in [0.5, 0.6) is 0 Å². The van der Waals surface area contributed by atoms with Gasteiger partial charge in [0, 0.05) is 25.3 Å². The standard InChI is InChI=1S/C32H36FN3O3S/c1-21(2)6-5-7-28(31(38)39)27-17-14-25(18-29(27)33)34-32-35-30(37)20-40(32)19-22-8-10-23(11-9-22)24-12-15-26(16-13-24)36(3)4/h8-19,21,28H,5-7,20H2,1-4H3,(H,38,39)(H,34,35,37). The highest BCUT2D eigenvalue weighted by Gasteiger charge is 2.24. The number of carbonyl (C=O) groups excluding carboxylic acids is 1. The van der Waals surface area contributed by atoms with Crippen LogP contribution >= 0.6 is 10.5 Å². The fourth-order valence-electron chi connectivity index (χ4n) is 4.61. The molecule has 0 aliphatic carbocycles. The number of aliphatic carboxylic acids is 1. The summed E-state index contributed by atoms with van der Waals surface area (Å²) in [6, 6.07) is 20.9. The van der Waals surface area contributed by atoms with Crippen molar-refractivity contribution in [3.8, 4) is 11.1 Å². The topological polar surface area (TPSA) is 82.0 Å².